The number of methoxy groups -OCH3 is 1. The summed E-state index contributed by atoms with van der Waals surface area (Å²) in [6, 6.07) is 23.0. The molecule has 9 heteroatoms. The maximum Gasteiger partial charge on any atom is 0.293 e. The Kier molecular flexibility index (Phi) is 6.88. The van der Waals surface area contributed by atoms with Gasteiger partial charge in [-0.3, -0.25) is 14.6 Å². The van der Waals surface area contributed by atoms with E-state index in [2.05, 4.69) is 21.9 Å². The minimum atomic E-state index is -1.43. The molecule has 1 amide bonds. The Labute approximate surface area is 227 Å². The molecule has 3 aliphatic heterocycles. The van der Waals surface area contributed by atoms with E-state index in [1.54, 1.807) is 36.3 Å². The number of benzene rings is 3. The van der Waals surface area contributed by atoms with Crippen molar-refractivity contribution in [2.24, 2.45) is 0 Å². The third-order valence-electron chi connectivity index (χ3n) is 7.28. The molecule has 1 spiro atoms. The summed E-state index contributed by atoms with van der Waals surface area (Å²) in [6.45, 7) is 4.44. The van der Waals surface area contributed by atoms with E-state index in [1.165, 1.54) is 5.69 Å². The van der Waals surface area contributed by atoms with Gasteiger partial charge >= 0.3 is 0 Å². The summed E-state index contributed by atoms with van der Waals surface area (Å²) >= 11 is 5.96. The average molecular weight is 536 g/mol. The van der Waals surface area contributed by atoms with Crippen LogP contribution in [0.15, 0.2) is 72.8 Å². The molecule has 3 aromatic carbocycles. The summed E-state index contributed by atoms with van der Waals surface area (Å²) in [6.07, 6.45) is -0.379. The number of carbonyl (C=O) groups excluding carboxylic acids is 1. The first-order valence-electron chi connectivity index (χ1n) is 12.8. The van der Waals surface area contributed by atoms with Gasteiger partial charge in [0.15, 0.2) is 0 Å². The number of anilines is 2. The lowest BCUT2D eigenvalue weighted by Crippen LogP contribution is -2.52. The number of amides is 1. The second-order valence-corrected chi connectivity index (χ2v) is 10.1. The fraction of sp³-hybridized carbons (Fsp3) is 0.345. The number of rotatable bonds is 7. The maximum atomic E-state index is 13.8. The van der Waals surface area contributed by atoms with Crippen LogP contribution in [0.3, 0.4) is 0 Å². The van der Waals surface area contributed by atoms with Crippen LogP contribution in [0.2, 0.25) is 5.02 Å². The van der Waals surface area contributed by atoms with Crippen molar-refractivity contribution < 1.29 is 23.7 Å². The molecule has 2 unspecified atom stereocenters. The van der Waals surface area contributed by atoms with E-state index in [1.807, 2.05) is 36.4 Å². The molecule has 2 atom stereocenters. The third kappa shape index (κ3) is 4.69. The van der Waals surface area contributed by atoms with E-state index in [-0.39, 0.29) is 25.2 Å². The topological polar surface area (TPSA) is 63.7 Å². The van der Waals surface area contributed by atoms with Gasteiger partial charge < -0.3 is 23.8 Å². The fourth-order valence-electron chi connectivity index (χ4n) is 5.24. The number of carbonyl (C=O) groups is 1. The molecule has 0 N–H and O–H groups in total. The van der Waals surface area contributed by atoms with Crippen LogP contribution in [0.1, 0.15) is 5.56 Å². The second-order valence-electron chi connectivity index (χ2n) is 9.63. The van der Waals surface area contributed by atoms with E-state index < -0.39 is 5.79 Å². The Hall–Kier alpha value is -3.30. The smallest absolute Gasteiger partial charge is 0.293 e. The second kappa shape index (κ2) is 10.5. The molecule has 2 fully saturated rings. The Balaban J connectivity index is 1.11. The van der Waals surface area contributed by atoms with Crippen LogP contribution in [-0.4, -0.2) is 70.1 Å². The third-order valence-corrected chi connectivity index (χ3v) is 7.53. The lowest BCUT2D eigenvalue weighted by molar-refractivity contribution is -0.187. The SMILES string of the molecule is COc1ccc(N2CCN(CN3C(=O)C4(OCC(COc5ccc(Cl)cc5)O4)c4ccccc43)CC2)cc1. The zero-order valence-corrected chi connectivity index (χ0v) is 22.0. The highest BCUT2D eigenvalue weighted by Crippen LogP contribution is 2.47. The van der Waals surface area contributed by atoms with E-state index in [4.69, 9.17) is 30.5 Å². The predicted octanol–water partition coefficient (Wildman–Crippen LogP) is 4.12. The number of halogens is 1. The highest BCUT2D eigenvalue weighted by molar-refractivity contribution is 6.30. The van der Waals surface area contributed by atoms with Crippen molar-refractivity contribution >= 4 is 28.9 Å². The minimum Gasteiger partial charge on any atom is -0.497 e. The molecule has 0 bridgehead atoms. The van der Waals surface area contributed by atoms with Gasteiger partial charge in [0.25, 0.3) is 11.7 Å². The summed E-state index contributed by atoms with van der Waals surface area (Å²) < 4.78 is 23.6. The summed E-state index contributed by atoms with van der Waals surface area (Å²) in [4.78, 5) is 20.3. The van der Waals surface area contributed by atoms with E-state index in [0.717, 1.165) is 43.2 Å². The van der Waals surface area contributed by atoms with Crippen molar-refractivity contribution in [1.82, 2.24) is 4.90 Å². The van der Waals surface area contributed by atoms with Crippen molar-refractivity contribution in [1.29, 1.82) is 0 Å². The van der Waals surface area contributed by atoms with Gasteiger partial charge in [-0.25, -0.2) is 0 Å². The van der Waals surface area contributed by atoms with Gasteiger partial charge in [0.1, 0.15) is 24.2 Å². The molecular weight excluding hydrogens is 506 g/mol. The first kappa shape index (κ1) is 25.0. The zero-order valence-electron chi connectivity index (χ0n) is 21.2. The molecule has 6 rings (SSSR count). The number of fused-ring (bicyclic) bond motifs is 2. The van der Waals surface area contributed by atoms with Crippen molar-refractivity contribution in [2.75, 3.05) is 63.0 Å². The summed E-state index contributed by atoms with van der Waals surface area (Å²) in [5.74, 6) is -0.0874. The van der Waals surface area contributed by atoms with Gasteiger partial charge in [0.05, 0.1) is 26.1 Å². The van der Waals surface area contributed by atoms with Crippen molar-refractivity contribution in [3.63, 3.8) is 0 Å². The average Bonchev–Trinajstić information content (AvgIpc) is 3.49. The van der Waals surface area contributed by atoms with Crippen LogP contribution in [0.4, 0.5) is 11.4 Å². The molecule has 2 saturated heterocycles. The first-order chi connectivity index (χ1) is 18.6. The fourth-order valence-corrected chi connectivity index (χ4v) is 5.37. The van der Waals surface area contributed by atoms with Crippen LogP contribution in [0.25, 0.3) is 0 Å². The molecule has 3 aliphatic rings. The maximum absolute atomic E-state index is 13.8. The number of ether oxygens (including phenoxy) is 4. The number of nitrogens with zero attached hydrogens (tertiary/aromatic N) is 3. The monoisotopic (exact) mass is 535 g/mol. The van der Waals surface area contributed by atoms with Gasteiger partial charge in [-0.1, -0.05) is 29.8 Å². The number of para-hydroxylation sites is 1. The Morgan fingerprint density at radius 3 is 2.39 bits per heavy atom. The quantitative estimate of drug-likeness (QED) is 0.451. The van der Waals surface area contributed by atoms with Crippen LogP contribution in [0.5, 0.6) is 11.5 Å². The highest BCUT2D eigenvalue weighted by Gasteiger charge is 2.58. The van der Waals surface area contributed by atoms with Crippen molar-refractivity contribution in [2.45, 2.75) is 11.9 Å². The molecule has 198 valence electrons. The molecule has 3 heterocycles. The van der Waals surface area contributed by atoms with Gasteiger partial charge in [-0.2, -0.15) is 0 Å². The zero-order chi connectivity index (χ0) is 26.1. The summed E-state index contributed by atoms with van der Waals surface area (Å²) in [5.41, 5.74) is 2.75. The Morgan fingerprint density at radius 2 is 1.66 bits per heavy atom. The Morgan fingerprint density at radius 1 is 0.947 bits per heavy atom. The van der Waals surface area contributed by atoms with Gasteiger partial charge in [0, 0.05) is 42.5 Å². The van der Waals surface area contributed by atoms with Gasteiger partial charge in [-0.05, 0) is 54.6 Å². The van der Waals surface area contributed by atoms with Crippen LogP contribution >= 0.6 is 11.6 Å². The van der Waals surface area contributed by atoms with Crippen LogP contribution in [0, 0.1) is 0 Å². The standard InChI is InChI=1S/C29H30ClN3O5/c1-35-23-12-8-22(9-13-23)32-16-14-31(15-17-32)20-33-27-5-3-2-4-26(27)29(28(33)34)37-19-25(38-29)18-36-24-10-6-21(30)7-11-24/h2-13,25H,14-20H2,1H3. The normalized spacial score (nSPS) is 23.2. The Bertz CT molecular complexity index is 1280. The number of hydrogen-bond acceptors (Lipinski definition) is 7. The lowest BCUT2D eigenvalue weighted by atomic mass is 10.1. The largest absolute Gasteiger partial charge is 0.497 e. The molecule has 8 nitrogen and oxygen atoms in total. The molecule has 0 saturated carbocycles. The first-order valence-corrected chi connectivity index (χ1v) is 13.2. The minimum absolute atomic E-state index is 0.190. The molecule has 0 aliphatic carbocycles. The molecule has 38 heavy (non-hydrogen) atoms. The van der Waals surface area contributed by atoms with Crippen LogP contribution in [-0.2, 0) is 20.1 Å². The van der Waals surface area contributed by atoms with Crippen molar-refractivity contribution in [3.8, 4) is 11.5 Å². The van der Waals surface area contributed by atoms with E-state index >= 15 is 0 Å². The van der Waals surface area contributed by atoms with Gasteiger partial charge in [0.2, 0.25) is 0 Å². The van der Waals surface area contributed by atoms with E-state index in [9.17, 15) is 4.79 Å². The lowest BCUT2D eigenvalue weighted by Gasteiger charge is -2.38. The van der Waals surface area contributed by atoms with Gasteiger partial charge in [-0.15, -0.1) is 0 Å². The number of piperazine rings is 1. The van der Waals surface area contributed by atoms with Crippen LogP contribution < -0.4 is 19.3 Å². The highest BCUT2D eigenvalue weighted by atomic mass is 35.5. The van der Waals surface area contributed by atoms with Crippen molar-refractivity contribution in [3.05, 3.63) is 83.4 Å². The van der Waals surface area contributed by atoms with E-state index in [0.29, 0.717) is 17.4 Å². The summed E-state index contributed by atoms with van der Waals surface area (Å²) in [7, 11) is 1.67. The number of hydrogen-bond donors (Lipinski definition) is 0. The molecule has 3 aromatic rings. The molecule has 0 aromatic heterocycles. The predicted molar refractivity (Wildman–Crippen MR) is 145 cm³/mol. The molecule has 0 radical (unpaired) electrons. The molecular formula is C29H30ClN3O5. The summed E-state index contributed by atoms with van der Waals surface area (Å²) in [5, 5.41) is 0.646.